The van der Waals surface area contributed by atoms with Crippen molar-refractivity contribution in [2.75, 3.05) is 13.7 Å². The van der Waals surface area contributed by atoms with Crippen molar-refractivity contribution in [2.24, 2.45) is 5.92 Å². The second-order valence-corrected chi connectivity index (χ2v) is 6.78. The van der Waals surface area contributed by atoms with Crippen molar-refractivity contribution in [1.29, 1.82) is 0 Å². The lowest BCUT2D eigenvalue weighted by molar-refractivity contribution is -0.143. The second-order valence-electron chi connectivity index (χ2n) is 6.78. The lowest BCUT2D eigenvalue weighted by Gasteiger charge is -2.45. The average Bonchev–Trinajstić information content (AvgIpc) is 2.88. The van der Waals surface area contributed by atoms with Gasteiger partial charge in [-0.15, -0.1) is 0 Å². The van der Waals surface area contributed by atoms with E-state index in [4.69, 9.17) is 4.74 Å². The Labute approximate surface area is 138 Å². The first-order chi connectivity index (χ1) is 11.1. The number of amides is 2. The number of hydrogen-bond acceptors (Lipinski definition) is 3. The molecule has 1 N–H and O–H groups in total. The van der Waals surface area contributed by atoms with E-state index in [0.29, 0.717) is 12.6 Å². The van der Waals surface area contributed by atoms with Gasteiger partial charge in [0.1, 0.15) is 6.61 Å². The summed E-state index contributed by atoms with van der Waals surface area (Å²) in [4.78, 5) is 25.1. The molecule has 0 atom stereocenters. The van der Waals surface area contributed by atoms with Crippen LogP contribution in [-0.2, 0) is 9.53 Å². The Morgan fingerprint density at radius 1 is 1.22 bits per heavy atom. The SMILES string of the molecule is CN(C(=O)C1CC2(COC(=O)N2)C1)C1CCC1.[HH].c1ccccc1. The first-order valence-corrected chi connectivity index (χ1v) is 8.31. The minimum Gasteiger partial charge on any atom is -0.447 e. The number of carbonyl (C=O) groups is 2. The topological polar surface area (TPSA) is 58.6 Å². The monoisotopic (exact) mass is 318 g/mol. The number of nitrogens with one attached hydrogen (secondary N) is 1. The summed E-state index contributed by atoms with van der Waals surface area (Å²) >= 11 is 0. The molecule has 0 radical (unpaired) electrons. The van der Waals surface area contributed by atoms with Crippen molar-refractivity contribution in [2.45, 2.75) is 43.7 Å². The molecule has 5 heteroatoms. The molecule has 1 aliphatic heterocycles. The number of nitrogens with zero attached hydrogens (tertiary/aromatic N) is 1. The predicted octanol–water partition coefficient (Wildman–Crippen LogP) is 2.82. The highest BCUT2D eigenvalue weighted by Crippen LogP contribution is 2.42. The van der Waals surface area contributed by atoms with Crippen molar-refractivity contribution < 1.29 is 15.8 Å². The van der Waals surface area contributed by atoms with Gasteiger partial charge in [-0.1, -0.05) is 36.4 Å². The molecule has 4 rings (SSSR count). The molecule has 3 fully saturated rings. The Morgan fingerprint density at radius 3 is 2.17 bits per heavy atom. The highest BCUT2D eigenvalue weighted by atomic mass is 16.6. The maximum absolute atomic E-state index is 12.2. The third-order valence-corrected chi connectivity index (χ3v) is 5.11. The molecule has 23 heavy (non-hydrogen) atoms. The van der Waals surface area contributed by atoms with E-state index in [1.165, 1.54) is 6.42 Å². The van der Waals surface area contributed by atoms with Gasteiger partial charge in [0.2, 0.25) is 5.91 Å². The van der Waals surface area contributed by atoms with Gasteiger partial charge in [0.25, 0.3) is 0 Å². The van der Waals surface area contributed by atoms with Gasteiger partial charge in [-0.2, -0.15) is 0 Å². The highest BCUT2D eigenvalue weighted by Gasteiger charge is 2.53. The molecule has 1 aromatic carbocycles. The molecule has 0 bridgehead atoms. The number of hydrogen-bond donors (Lipinski definition) is 1. The van der Waals surface area contributed by atoms with Gasteiger partial charge in [-0.3, -0.25) is 4.79 Å². The van der Waals surface area contributed by atoms with E-state index in [0.717, 1.165) is 25.7 Å². The maximum Gasteiger partial charge on any atom is 0.407 e. The number of benzene rings is 1. The van der Waals surface area contributed by atoms with Crippen LogP contribution in [-0.4, -0.2) is 42.1 Å². The molecule has 126 valence electrons. The van der Waals surface area contributed by atoms with Crippen molar-refractivity contribution >= 4 is 12.0 Å². The number of cyclic esters (lactones) is 1. The van der Waals surface area contributed by atoms with Gasteiger partial charge >= 0.3 is 6.09 Å². The minimum atomic E-state index is -0.344. The Kier molecular flexibility index (Phi) is 4.55. The van der Waals surface area contributed by atoms with E-state index >= 15 is 0 Å². The van der Waals surface area contributed by atoms with E-state index < -0.39 is 0 Å². The third-order valence-electron chi connectivity index (χ3n) is 5.11. The van der Waals surface area contributed by atoms with E-state index in [1.807, 2.05) is 48.3 Å². The second kappa shape index (κ2) is 6.60. The van der Waals surface area contributed by atoms with Crippen LogP contribution in [0.2, 0.25) is 0 Å². The fourth-order valence-corrected chi connectivity index (χ4v) is 3.40. The largest absolute Gasteiger partial charge is 0.447 e. The third kappa shape index (κ3) is 3.49. The minimum absolute atomic E-state index is 0. The Hall–Kier alpha value is -2.04. The van der Waals surface area contributed by atoms with Gasteiger partial charge in [0, 0.05) is 20.4 Å². The van der Waals surface area contributed by atoms with Crippen LogP contribution in [0.4, 0.5) is 4.79 Å². The van der Waals surface area contributed by atoms with Crippen LogP contribution in [0.25, 0.3) is 0 Å². The lowest BCUT2D eigenvalue weighted by atomic mass is 9.68. The van der Waals surface area contributed by atoms with Gasteiger partial charge < -0.3 is 15.0 Å². The van der Waals surface area contributed by atoms with Crippen LogP contribution in [0.1, 0.15) is 33.5 Å². The van der Waals surface area contributed by atoms with Crippen molar-refractivity contribution in [3.63, 3.8) is 0 Å². The van der Waals surface area contributed by atoms with Crippen LogP contribution in [0, 0.1) is 5.92 Å². The van der Waals surface area contributed by atoms with Crippen LogP contribution in [0.15, 0.2) is 36.4 Å². The van der Waals surface area contributed by atoms with E-state index in [1.54, 1.807) is 0 Å². The van der Waals surface area contributed by atoms with Crippen LogP contribution < -0.4 is 5.32 Å². The summed E-state index contributed by atoms with van der Waals surface area (Å²) in [5.41, 5.74) is -0.238. The van der Waals surface area contributed by atoms with E-state index in [2.05, 4.69) is 5.32 Å². The zero-order valence-electron chi connectivity index (χ0n) is 13.5. The number of ether oxygens (including phenoxy) is 1. The normalized spacial score (nSPS) is 28.6. The molecule has 2 aliphatic carbocycles. The standard InChI is InChI=1S/C12H18N2O3.C6H6.H2/c1-14(9-3-2-4-9)10(15)8-5-12(6-8)7-17-11(16)13-12;1-2-4-6-5-3-1;/h8-9H,2-7H2,1H3,(H,13,16);1-6H;1H. The number of rotatable bonds is 2. The van der Waals surface area contributed by atoms with Crippen molar-refractivity contribution in [1.82, 2.24) is 10.2 Å². The fraction of sp³-hybridized carbons (Fsp3) is 0.556. The summed E-state index contributed by atoms with van der Waals surface area (Å²) in [6.45, 7) is 0.419. The van der Waals surface area contributed by atoms with Gasteiger partial charge in [0.05, 0.1) is 5.54 Å². The summed E-state index contributed by atoms with van der Waals surface area (Å²) in [6, 6.07) is 12.5. The summed E-state index contributed by atoms with van der Waals surface area (Å²) in [5.74, 6) is 0.309. The summed E-state index contributed by atoms with van der Waals surface area (Å²) < 4.78 is 4.90. The van der Waals surface area contributed by atoms with E-state index in [9.17, 15) is 9.59 Å². The summed E-state index contributed by atoms with van der Waals surface area (Å²) in [7, 11) is 1.90. The first-order valence-electron chi connectivity index (χ1n) is 8.31. The van der Waals surface area contributed by atoms with Crippen LogP contribution in [0.5, 0.6) is 0 Å². The molecule has 3 aliphatic rings. The molecule has 0 unspecified atom stereocenters. The smallest absolute Gasteiger partial charge is 0.407 e. The molecule has 1 saturated heterocycles. The zero-order valence-corrected chi connectivity index (χ0v) is 13.5. The molecule has 1 spiro atoms. The van der Waals surface area contributed by atoms with Crippen LogP contribution in [0.3, 0.4) is 0 Å². The highest BCUT2D eigenvalue weighted by molar-refractivity contribution is 5.81. The quantitative estimate of drug-likeness (QED) is 0.912. The number of carbonyl (C=O) groups excluding carboxylic acids is 2. The van der Waals surface area contributed by atoms with E-state index in [-0.39, 0.29) is 24.9 Å². The molecule has 1 aromatic rings. The average molecular weight is 318 g/mol. The maximum atomic E-state index is 12.2. The van der Waals surface area contributed by atoms with Gasteiger partial charge in [-0.25, -0.2) is 4.79 Å². The fourth-order valence-electron chi connectivity index (χ4n) is 3.40. The summed E-state index contributed by atoms with van der Waals surface area (Å²) in [5, 5.41) is 2.82. The Morgan fingerprint density at radius 2 is 1.78 bits per heavy atom. The Bertz CT molecular complexity index is 530. The van der Waals surface area contributed by atoms with Crippen LogP contribution >= 0.6 is 0 Å². The molecule has 5 nitrogen and oxygen atoms in total. The number of alkyl carbamates (subject to hydrolysis) is 1. The van der Waals surface area contributed by atoms with Gasteiger partial charge in [-0.05, 0) is 32.1 Å². The zero-order chi connectivity index (χ0) is 16.3. The van der Waals surface area contributed by atoms with Gasteiger partial charge in [0.15, 0.2) is 0 Å². The first kappa shape index (κ1) is 15.8. The Balaban J connectivity index is 0.000000254. The molecule has 0 aromatic heterocycles. The molecule has 2 saturated carbocycles. The van der Waals surface area contributed by atoms with Crippen molar-refractivity contribution in [3.05, 3.63) is 36.4 Å². The molecular formula is C18H26N2O3. The molecule has 2 amide bonds. The lowest BCUT2D eigenvalue weighted by Crippen LogP contribution is -2.59. The van der Waals surface area contributed by atoms with Crippen molar-refractivity contribution in [3.8, 4) is 0 Å². The summed E-state index contributed by atoms with van der Waals surface area (Å²) in [6.07, 6.45) is 4.63. The molecular weight excluding hydrogens is 292 g/mol. The molecule has 1 heterocycles. The predicted molar refractivity (Wildman–Crippen MR) is 88.9 cm³/mol.